The molecule has 122 valence electrons. The highest BCUT2D eigenvalue weighted by atomic mass is 32.1. The zero-order chi connectivity index (χ0) is 16.8. The van der Waals surface area contributed by atoms with Crippen LogP contribution in [-0.4, -0.2) is 17.9 Å². The lowest BCUT2D eigenvalue weighted by Crippen LogP contribution is -2.49. The Balaban J connectivity index is 2.00. The van der Waals surface area contributed by atoms with E-state index in [-0.39, 0.29) is 17.7 Å². The first-order valence-corrected chi connectivity index (χ1v) is 8.53. The van der Waals surface area contributed by atoms with E-state index in [1.54, 1.807) is 17.4 Å². The van der Waals surface area contributed by atoms with E-state index in [9.17, 15) is 9.59 Å². The van der Waals surface area contributed by atoms with Crippen LogP contribution in [0.3, 0.4) is 0 Å². The smallest absolute Gasteiger partial charge is 0.251 e. The molecular weight excluding hydrogens is 308 g/mol. The van der Waals surface area contributed by atoms with Gasteiger partial charge in [-0.05, 0) is 36.4 Å². The van der Waals surface area contributed by atoms with Crippen LogP contribution in [0.1, 0.15) is 34.6 Å². The van der Waals surface area contributed by atoms with Crippen LogP contribution in [0.2, 0.25) is 0 Å². The Morgan fingerprint density at radius 3 is 2.57 bits per heavy atom. The summed E-state index contributed by atoms with van der Waals surface area (Å²) in [5, 5.41) is 7.71. The van der Waals surface area contributed by atoms with Gasteiger partial charge in [-0.25, -0.2) is 0 Å². The lowest BCUT2D eigenvalue weighted by Gasteiger charge is -2.21. The largest absolute Gasteiger partial charge is 0.349 e. The molecule has 0 saturated carbocycles. The van der Waals surface area contributed by atoms with Gasteiger partial charge in [-0.15, -0.1) is 11.3 Å². The van der Waals surface area contributed by atoms with Crippen molar-refractivity contribution >= 4 is 23.2 Å². The van der Waals surface area contributed by atoms with Crippen LogP contribution >= 0.6 is 11.3 Å². The minimum absolute atomic E-state index is 0.00657. The van der Waals surface area contributed by atoms with Crippen molar-refractivity contribution in [3.05, 3.63) is 57.8 Å². The zero-order valence-corrected chi connectivity index (χ0v) is 14.4. The Labute approximate surface area is 140 Å². The van der Waals surface area contributed by atoms with E-state index >= 15 is 0 Å². The van der Waals surface area contributed by atoms with Crippen LogP contribution in [0.5, 0.6) is 0 Å². The molecule has 2 rings (SSSR count). The molecule has 23 heavy (non-hydrogen) atoms. The first kappa shape index (κ1) is 17.2. The minimum Gasteiger partial charge on any atom is -0.349 e. The molecule has 1 aromatic heterocycles. The van der Waals surface area contributed by atoms with Crippen molar-refractivity contribution in [1.29, 1.82) is 0 Å². The summed E-state index contributed by atoms with van der Waals surface area (Å²) in [5.74, 6) is -0.375. The van der Waals surface area contributed by atoms with E-state index in [4.69, 9.17) is 0 Å². The van der Waals surface area contributed by atoms with Gasteiger partial charge in [-0.3, -0.25) is 9.59 Å². The fourth-order valence-electron chi connectivity index (χ4n) is 2.24. The molecule has 2 N–H and O–H groups in total. The SMILES string of the molecule is Cc1cccc(C(=O)N[C@H](C(=O)NCc2cccs2)C(C)C)c1. The second-order valence-corrected chi connectivity index (χ2v) is 6.89. The lowest BCUT2D eigenvalue weighted by molar-refractivity contribution is -0.124. The molecule has 4 nitrogen and oxygen atoms in total. The van der Waals surface area contributed by atoms with Crippen molar-refractivity contribution in [2.75, 3.05) is 0 Å². The van der Waals surface area contributed by atoms with Gasteiger partial charge in [0, 0.05) is 10.4 Å². The number of rotatable bonds is 6. The molecular formula is C18H22N2O2S. The molecule has 1 heterocycles. The molecule has 0 spiro atoms. The van der Waals surface area contributed by atoms with Gasteiger partial charge in [0.2, 0.25) is 5.91 Å². The van der Waals surface area contributed by atoms with Crippen LogP contribution in [-0.2, 0) is 11.3 Å². The molecule has 0 aliphatic heterocycles. The van der Waals surface area contributed by atoms with Crippen LogP contribution in [0.4, 0.5) is 0 Å². The molecule has 0 aliphatic carbocycles. The maximum Gasteiger partial charge on any atom is 0.251 e. The van der Waals surface area contributed by atoms with Crippen LogP contribution in [0.15, 0.2) is 41.8 Å². The predicted octanol–water partition coefficient (Wildman–Crippen LogP) is 3.13. The standard InChI is InChI=1S/C18H22N2O2S/c1-12(2)16(18(22)19-11-15-8-5-9-23-15)20-17(21)14-7-4-6-13(3)10-14/h4-10,12,16H,11H2,1-3H3,(H,19,22)(H,20,21)/t16-/m0/s1. The molecule has 0 bridgehead atoms. The molecule has 0 radical (unpaired) electrons. The fraction of sp³-hybridized carbons (Fsp3) is 0.333. The molecule has 5 heteroatoms. The van der Waals surface area contributed by atoms with Crippen LogP contribution in [0.25, 0.3) is 0 Å². The number of benzene rings is 1. The Kier molecular flexibility index (Phi) is 5.93. The molecule has 2 amide bonds. The average Bonchev–Trinajstić information content (AvgIpc) is 3.03. The van der Waals surface area contributed by atoms with Gasteiger partial charge in [0.05, 0.1) is 6.54 Å². The molecule has 0 saturated heterocycles. The fourth-order valence-corrected chi connectivity index (χ4v) is 2.89. The second kappa shape index (κ2) is 7.92. The normalized spacial score (nSPS) is 12.0. The summed E-state index contributed by atoms with van der Waals surface area (Å²) >= 11 is 1.60. The number of carbonyl (C=O) groups excluding carboxylic acids is 2. The van der Waals surface area contributed by atoms with Crippen LogP contribution < -0.4 is 10.6 Å². The van der Waals surface area contributed by atoms with E-state index in [1.165, 1.54) is 0 Å². The molecule has 1 aromatic carbocycles. The van der Waals surface area contributed by atoms with Gasteiger partial charge in [-0.2, -0.15) is 0 Å². The Morgan fingerprint density at radius 1 is 1.17 bits per heavy atom. The first-order valence-electron chi connectivity index (χ1n) is 7.65. The summed E-state index contributed by atoms with van der Waals surface area (Å²) in [7, 11) is 0. The van der Waals surface area contributed by atoms with E-state index in [0.717, 1.165) is 10.4 Å². The topological polar surface area (TPSA) is 58.2 Å². The van der Waals surface area contributed by atoms with E-state index in [0.29, 0.717) is 12.1 Å². The van der Waals surface area contributed by atoms with E-state index < -0.39 is 6.04 Å². The summed E-state index contributed by atoms with van der Waals surface area (Å²) in [6.07, 6.45) is 0. The van der Waals surface area contributed by atoms with Crippen molar-refractivity contribution < 1.29 is 9.59 Å². The third kappa shape index (κ3) is 4.93. The van der Waals surface area contributed by atoms with Gasteiger partial charge in [0.25, 0.3) is 5.91 Å². The molecule has 2 aromatic rings. The number of hydrogen-bond acceptors (Lipinski definition) is 3. The predicted molar refractivity (Wildman–Crippen MR) is 93.4 cm³/mol. The van der Waals surface area contributed by atoms with Crippen molar-refractivity contribution in [2.45, 2.75) is 33.4 Å². The Bertz CT molecular complexity index is 665. The number of thiophene rings is 1. The molecule has 0 fully saturated rings. The quantitative estimate of drug-likeness (QED) is 0.855. The third-order valence-corrected chi connectivity index (χ3v) is 4.41. The number of aryl methyl sites for hydroxylation is 1. The van der Waals surface area contributed by atoms with Gasteiger partial charge < -0.3 is 10.6 Å². The first-order chi connectivity index (χ1) is 11.0. The highest BCUT2D eigenvalue weighted by molar-refractivity contribution is 7.09. The lowest BCUT2D eigenvalue weighted by atomic mass is 10.0. The maximum atomic E-state index is 12.4. The maximum absolute atomic E-state index is 12.4. The Hall–Kier alpha value is -2.14. The van der Waals surface area contributed by atoms with Gasteiger partial charge in [0.15, 0.2) is 0 Å². The number of nitrogens with one attached hydrogen (secondary N) is 2. The highest BCUT2D eigenvalue weighted by Gasteiger charge is 2.24. The number of hydrogen-bond donors (Lipinski definition) is 2. The van der Waals surface area contributed by atoms with E-state index in [1.807, 2.05) is 56.5 Å². The summed E-state index contributed by atoms with van der Waals surface area (Å²) in [4.78, 5) is 25.8. The van der Waals surface area contributed by atoms with Crippen molar-refractivity contribution in [3.63, 3.8) is 0 Å². The van der Waals surface area contributed by atoms with Crippen molar-refractivity contribution in [2.24, 2.45) is 5.92 Å². The van der Waals surface area contributed by atoms with Gasteiger partial charge in [-0.1, -0.05) is 37.6 Å². The van der Waals surface area contributed by atoms with Gasteiger partial charge in [0.1, 0.15) is 6.04 Å². The Morgan fingerprint density at radius 2 is 1.96 bits per heavy atom. The summed E-state index contributed by atoms with van der Waals surface area (Å²) in [6.45, 7) is 6.27. The minimum atomic E-state index is -0.553. The molecule has 0 aliphatic rings. The number of carbonyl (C=O) groups is 2. The highest BCUT2D eigenvalue weighted by Crippen LogP contribution is 2.10. The summed E-state index contributed by atoms with van der Waals surface area (Å²) < 4.78 is 0. The van der Waals surface area contributed by atoms with E-state index in [2.05, 4.69) is 10.6 Å². The average molecular weight is 330 g/mol. The number of amides is 2. The summed E-state index contributed by atoms with van der Waals surface area (Å²) in [5.41, 5.74) is 1.59. The molecule has 0 unspecified atom stereocenters. The van der Waals surface area contributed by atoms with Gasteiger partial charge >= 0.3 is 0 Å². The van der Waals surface area contributed by atoms with Crippen molar-refractivity contribution in [3.8, 4) is 0 Å². The molecule has 1 atom stereocenters. The monoisotopic (exact) mass is 330 g/mol. The van der Waals surface area contributed by atoms with Crippen LogP contribution in [0, 0.1) is 12.8 Å². The second-order valence-electron chi connectivity index (χ2n) is 5.86. The zero-order valence-electron chi connectivity index (χ0n) is 13.6. The summed E-state index contributed by atoms with van der Waals surface area (Å²) in [6, 6.07) is 10.7. The van der Waals surface area contributed by atoms with Crippen molar-refractivity contribution in [1.82, 2.24) is 10.6 Å². The third-order valence-electron chi connectivity index (χ3n) is 3.53.